The minimum atomic E-state index is -1.91. The molecule has 0 radical (unpaired) electrons. The van der Waals surface area contributed by atoms with Gasteiger partial charge in [0.25, 0.3) is 5.91 Å². The molecule has 1 aromatic carbocycles. The number of aliphatic hydroxyl groups excluding tert-OH is 5. The van der Waals surface area contributed by atoms with Crippen molar-refractivity contribution in [3.05, 3.63) is 35.9 Å². The van der Waals surface area contributed by atoms with Crippen LogP contribution in [0.4, 0.5) is 0 Å². The van der Waals surface area contributed by atoms with Crippen LogP contribution in [0.5, 0.6) is 0 Å². The van der Waals surface area contributed by atoms with Crippen LogP contribution < -0.4 is 5.32 Å². The van der Waals surface area contributed by atoms with Gasteiger partial charge in [0.1, 0.15) is 18.3 Å². The van der Waals surface area contributed by atoms with E-state index in [-0.39, 0.29) is 6.54 Å². The van der Waals surface area contributed by atoms with Gasteiger partial charge in [0.2, 0.25) is 0 Å². The Morgan fingerprint density at radius 1 is 1.05 bits per heavy atom. The van der Waals surface area contributed by atoms with Crippen LogP contribution in [0.2, 0.25) is 0 Å². The molecule has 112 valence electrons. The third kappa shape index (κ3) is 4.55. The van der Waals surface area contributed by atoms with Gasteiger partial charge in [-0.2, -0.15) is 0 Å². The molecule has 20 heavy (non-hydrogen) atoms. The minimum Gasteiger partial charge on any atom is -0.394 e. The summed E-state index contributed by atoms with van der Waals surface area (Å²) in [6, 6.07) is 8.93. The molecule has 1 aromatic rings. The van der Waals surface area contributed by atoms with Crippen LogP contribution in [0, 0.1) is 0 Å². The van der Waals surface area contributed by atoms with Gasteiger partial charge in [-0.05, 0) is 5.56 Å². The first kappa shape index (κ1) is 16.5. The van der Waals surface area contributed by atoms with E-state index in [1.165, 1.54) is 0 Å². The number of rotatable bonds is 7. The average Bonchev–Trinajstić information content (AvgIpc) is 2.50. The van der Waals surface area contributed by atoms with Crippen molar-refractivity contribution in [3.63, 3.8) is 0 Å². The van der Waals surface area contributed by atoms with Crippen LogP contribution in [-0.2, 0) is 11.3 Å². The smallest absolute Gasteiger partial charge is 0.251 e. The zero-order chi connectivity index (χ0) is 15.1. The number of hydrogen-bond donors (Lipinski definition) is 6. The molecule has 0 bridgehead atoms. The van der Waals surface area contributed by atoms with Crippen molar-refractivity contribution in [3.8, 4) is 0 Å². The van der Waals surface area contributed by atoms with Crippen LogP contribution >= 0.6 is 0 Å². The van der Waals surface area contributed by atoms with Gasteiger partial charge in [0.05, 0.1) is 6.61 Å². The lowest BCUT2D eigenvalue weighted by Crippen LogP contribution is -2.51. The molecular weight excluding hydrogens is 266 g/mol. The van der Waals surface area contributed by atoms with Crippen LogP contribution in [0.3, 0.4) is 0 Å². The summed E-state index contributed by atoms with van der Waals surface area (Å²) in [5.74, 6) is -0.884. The fraction of sp³-hybridized carbons (Fsp3) is 0.462. The molecule has 1 amide bonds. The molecule has 0 fully saturated rings. The van der Waals surface area contributed by atoms with Gasteiger partial charge >= 0.3 is 0 Å². The van der Waals surface area contributed by atoms with Crippen LogP contribution in [0.25, 0.3) is 0 Å². The zero-order valence-electron chi connectivity index (χ0n) is 10.8. The highest BCUT2D eigenvalue weighted by Gasteiger charge is 2.33. The van der Waals surface area contributed by atoms with E-state index in [1.807, 2.05) is 6.07 Å². The van der Waals surface area contributed by atoms with E-state index in [1.54, 1.807) is 24.3 Å². The van der Waals surface area contributed by atoms with Gasteiger partial charge in [0.15, 0.2) is 6.10 Å². The molecule has 7 heteroatoms. The summed E-state index contributed by atoms with van der Waals surface area (Å²) in [4.78, 5) is 11.6. The standard InChI is InChI=1S/C13H19NO6/c15-7-9(16)10(17)11(18)12(19)13(20)14-6-8-4-2-1-3-5-8/h1-5,9-12,15-19H,6-7H2,(H,14,20)/t9-,10-,11-,12-/m1/s1. The molecule has 1 rings (SSSR count). The monoisotopic (exact) mass is 285 g/mol. The summed E-state index contributed by atoms with van der Waals surface area (Å²) < 4.78 is 0. The number of hydrogen-bond acceptors (Lipinski definition) is 6. The van der Waals surface area contributed by atoms with Crippen LogP contribution in [0.15, 0.2) is 30.3 Å². The summed E-state index contributed by atoms with van der Waals surface area (Å²) in [6.07, 6.45) is -7.26. The Balaban J connectivity index is 2.50. The lowest BCUT2D eigenvalue weighted by Gasteiger charge is -2.24. The van der Waals surface area contributed by atoms with E-state index < -0.39 is 36.9 Å². The molecule has 0 saturated heterocycles. The molecule has 0 aliphatic carbocycles. The summed E-state index contributed by atoms with van der Waals surface area (Å²) in [7, 11) is 0. The van der Waals surface area contributed by atoms with E-state index >= 15 is 0 Å². The van der Waals surface area contributed by atoms with Gasteiger partial charge in [-0.25, -0.2) is 0 Å². The summed E-state index contributed by atoms with van der Waals surface area (Å²) in [5.41, 5.74) is 0.804. The maximum absolute atomic E-state index is 11.6. The van der Waals surface area contributed by atoms with Crippen LogP contribution in [0.1, 0.15) is 5.56 Å². The Hall–Kier alpha value is -1.51. The molecule has 0 aliphatic rings. The van der Waals surface area contributed by atoms with Crippen molar-refractivity contribution < 1.29 is 30.3 Å². The maximum atomic E-state index is 11.6. The lowest BCUT2D eigenvalue weighted by atomic mass is 10.0. The van der Waals surface area contributed by atoms with Crippen molar-refractivity contribution >= 4 is 5.91 Å². The highest BCUT2D eigenvalue weighted by Crippen LogP contribution is 2.06. The summed E-state index contributed by atoms with van der Waals surface area (Å²) >= 11 is 0. The second-order valence-electron chi connectivity index (χ2n) is 4.38. The number of amides is 1. The Labute approximate surface area is 116 Å². The molecule has 4 atom stereocenters. The van der Waals surface area contributed by atoms with Gasteiger partial charge in [-0.3, -0.25) is 4.79 Å². The number of benzene rings is 1. The molecule has 6 N–H and O–H groups in total. The van der Waals surface area contributed by atoms with Crippen molar-refractivity contribution in [2.75, 3.05) is 6.61 Å². The third-order valence-corrected chi connectivity index (χ3v) is 2.83. The fourth-order valence-corrected chi connectivity index (χ4v) is 1.57. The Kier molecular flexibility index (Phi) is 6.56. The van der Waals surface area contributed by atoms with Gasteiger partial charge in [-0.1, -0.05) is 30.3 Å². The molecule has 7 nitrogen and oxygen atoms in total. The van der Waals surface area contributed by atoms with E-state index in [0.29, 0.717) is 0 Å². The maximum Gasteiger partial charge on any atom is 0.251 e. The first-order chi connectivity index (χ1) is 9.47. The normalized spacial score (nSPS) is 17.1. The van der Waals surface area contributed by atoms with E-state index in [4.69, 9.17) is 10.2 Å². The molecule has 0 spiro atoms. The van der Waals surface area contributed by atoms with E-state index in [0.717, 1.165) is 5.56 Å². The number of nitrogens with one attached hydrogen (secondary N) is 1. The highest BCUT2D eigenvalue weighted by molar-refractivity contribution is 5.81. The molecular formula is C13H19NO6. The predicted octanol–water partition coefficient (Wildman–Crippen LogP) is -2.26. The van der Waals surface area contributed by atoms with Gasteiger partial charge in [-0.15, -0.1) is 0 Å². The zero-order valence-corrected chi connectivity index (χ0v) is 10.8. The van der Waals surface area contributed by atoms with E-state index in [9.17, 15) is 20.1 Å². The average molecular weight is 285 g/mol. The molecule has 0 aromatic heterocycles. The molecule has 0 unspecified atom stereocenters. The van der Waals surface area contributed by atoms with Gasteiger partial charge < -0.3 is 30.8 Å². The van der Waals surface area contributed by atoms with Crippen molar-refractivity contribution in [1.82, 2.24) is 5.32 Å². The first-order valence-electron chi connectivity index (χ1n) is 6.12. The Morgan fingerprint density at radius 2 is 1.65 bits per heavy atom. The lowest BCUT2D eigenvalue weighted by molar-refractivity contribution is -0.149. The highest BCUT2D eigenvalue weighted by atomic mass is 16.4. The fourth-order valence-electron chi connectivity index (χ4n) is 1.57. The summed E-state index contributed by atoms with van der Waals surface area (Å²) in [5, 5.41) is 48.6. The molecule has 0 saturated carbocycles. The SMILES string of the molecule is O=C(NCc1ccccc1)[C@H](O)[C@H](O)[C@H](O)[C@H](O)CO. The third-order valence-electron chi connectivity index (χ3n) is 2.83. The van der Waals surface area contributed by atoms with Gasteiger partial charge in [0, 0.05) is 6.54 Å². The number of carbonyl (C=O) groups excluding carboxylic acids is 1. The minimum absolute atomic E-state index is 0.155. The van der Waals surface area contributed by atoms with Crippen LogP contribution in [-0.4, -0.2) is 62.5 Å². The van der Waals surface area contributed by atoms with E-state index in [2.05, 4.69) is 5.32 Å². The second-order valence-corrected chi connectivity index (χ2v) is 4.38. The number of carbonyl (C=O) groups is 1. The molecule has 0 aliphatic heterocycles. The molecule has 0 heterocycles. The summed E-state index contributed by atoms with van der Waals surface area (Å²) in [6.45, 7) is -0.640. The number of aliphatic hydroxyl groups is 5. The first-order valence-corrected chi connectivity index (χ1v) is 6.12. The van der Waals surface area contributed by atoms with Crippen molar-refractivity contribution in [2.24, 2.45) is 0 Å². The van der Waals surface area contributed by atoms with Crippen molar-refractivity contribution in [2.45, 2.75) is 31.0 Å². The van der Waals surface area contributed by atoms with Crippen molar-refractivity contribution in [1.29, 1.82) is 0 Å². The quantitative estimate of drug-likeness (QED) is 0.335. The Morgan fingerprint density at radius 3 is 2.20 bits per heavy atom. The second kappa shape index (κ2) is 7.93. The topological polar surface area (TPSA) is 130 Å². The Bertz CT molecular complexity index is 413. The largest absolute Gasteiger partial charge is 0.394 e. The predicted molar refractivity (Wildman–Crippen MR) is 69.4 cm³/mol.